The molecule has 0 amide bonds. The number of carbonyl (C=O) groups is 2. The highest BCUT2D eigenvalue weighted by molar-refractivity contribution is 7.08. The van der Waals surface area contributed by atoms with Crippen molar-refractivity contribution in [3.8, 4) is 5.75 Å². The van der Waals surface area contributed by atoms with Crippen molar-refractivity contribution in [2.75, 3.05) is 7.11 Å². The molecule has 0 aliphatic heterocycles. The number of nitrogens with zero attached hydrogens (tertiary/aromatic N) is 1. The zero-order chi connectivity index (χ0) is 19.4. The molecule has 0 spiro atoms. The SMILES string of the molecule is CC.COc1cc2c(CC(=O)O)c(C)n(C(=O)c3ccsc3)c2cc1Cl. The maximum absolute atomic E-state index is 12.9. The molecule has 2 aromatic heterocycles. The number of benzene rings is 1. The van der Waals surface area contributed by atoms with Crippen molar-refractivity contribution >= 4 is 45.7 Å². The van der Waals surface area contributed by atoms with E-state index in [1.807, 2.05) is 19.2 Å². The Morgan fingerprint density at radius 1 is 1.31 bits per heavy atom. The van der Waals surface area contributed by atoms with Gasteiger partial charge in [0.1, 0.15) is 5.75 Å². The van der Waals surface area contributed by atoms with Crippen LogP contribution in [0.4, 0.5) is 0 Å². The number of halogens is 1. The van der Waals surface area contributed by atoms with Gasteiger partial charge in [-0.25, -0.2) is 0 Å². The van der Waals surface area contributed by atoms with Gasteiger partial charge in [0.25, 0.3) is 5.91 Å². The number of ether oxygens (including phenoxy) is 1. The van der Waals surface area contributed by atoms with Gasteiger partial charge in [0, 0.05) is 16.5 Å². The van der Waals surface area contributed by atoms with Crippen LogP contribution in [0.3, 0.4) is 0 Å². The zero-order valence-electron chi connectivity index (χ0n) is 15.0. The van der Waals surface area contributed by atoms with Crippen LogP contribution >= 0.6 is 22.9 Å². The summed E-state index contributed by atoms with van der Waals surface area (Å²) < 4.78 is 6.74. The molecule has 1 N–H and O–H groups in total. The first kappa shape index (κ1) is 20.0. The summed E-state index contributed by atoms with van der Waals surface area (Å²) >= 11 is 7.63. The second-order valence-electron chi connectivity index (χ2n) is 5.29. The minimum atomic E-state index is -0.964. The molecule has 0 aliphatic rings. The fraction of sp³-hybridized carbons (Fsp3) is 0.263. The molecule has 0 fully saturated rings. The van der Waals surface area contributed by atoms with Crippen molar-refractivity contribution in [2.24, 2.45) is 0 Å². The van der Waals surface area contributed by atoms with Gasteiger partial charge in [0.15, 0.2) is 0 Å². The van der Waals surface area contributed by atoms with Gasteiger partial charge in [-0.3, -0.25) is 14.2 Å². The molecule has 1 aromatic carbocycles. The third-order valence-electron chi connectivity index (χ3n) is 3.91. The van der Waals surface area contributed by atoms with Crippen LogP contribution in [-0.4, -0.2) is 28.7 Å². The predicted molar refractivity (Wildman–Crippen MR) is 105 cm³/mol. The van der Waals surface area contributed by atoms with Crippen LogP contribution in [-0.2, 0) is 11.2 Å². The lowest BCUT2D eigenvalue weighted by Crippen LogP contribution is -2.13. The molecule has 0 unspecified atom stereocenters. The molecular weight excluding hydrogens is 374 g/mol. The highest BCUT2D eigenvalue weighted by Gasteiger charge is 2.23. The van der Waals surface area contributed by atoms with E-state index in [9.17, 15) is 14.7 Å². The second-order valence-corrected chi connectivity index (χ2v) is 6.48. The lowest BCUT2D eigenvalue weighted by atomic mass is 10.1. The number of hydrogen-bond donors (Lipinski definition) is 1. The minimum absolute atomic E-state index is 0.183. The quantitative estimate of drug-likeness (QED) is 0.676. The van der Waals surface area contributed by atoms with E-state index in [1.54, 1.807) is 30.5 Å². The molecule has 2 heterocycles. The average Bonchev–Trinajstić information content (AvgIpc) is 3.23. The molecule has 0 atom stereocenters. The van der Waals surface area contributed by atoms with Crippen LogP contribution in [0, 0.1) is 6.92 Å². The summed E-state index contributed by atoms with van der Waals surface area (Å²) in [5.41, 5.74) is 2.29. The highest BCUT2D eigenvalue weighted by Crippen LogP contribution is 2.35. The average molecular weight is 394 g/mol. The number of carboxylic acids is 1. The Balaban J connectivity index is 0.00000117. The topological polar surface area (TPSA) is 68.5 Å². The van der Waals surface area contributed by atoms with E-state index in [0.717, 1.165) is 0 Å². The number of aliphatic carboxylic acids is 1. The Kier molecular flexibility index (Phi) is 6.45. The normalized spacial score (nSPS) is 10.3. The van der Waals surface area contributed by atoms with Crippen LogP contribution < -0.4 is 4.74 Å². The number of fused-ring (bicyclic) bond motifs is 1. The van der Waals surface area contributed by atoms with Crippen LogP contribution in [0.2, 0.25) is 5.02 Å². The molecule has 0 aliphatic carbocycles. The van der Waals surface area contributed by atoms with E-state index in [0.29, 0.717) is 38.5 Å². The number of carboxylic acid groups (broad SMARTS) is 1. The molecular formula is C19H20ClNO4S. The van der Waals surface area contributed by atoms with E-state index in [2.05, 4.69) is 0 Å². The van der Waals surface area contributed by atoms with E-state index in [1.165, 1.54) is 23.0 Å². The summed E-state index contributed by atoms with van der Waals surface area (Å²) in [5.74, 6) is -0.735. The third kappa shape index (κ3) is 3.61. The molecule has 3 aromatic rings. The Bertz CT molecular complexity index is 945. The van der Waals surface area contributed by atoms with E-state index < -0.39 is 5.97 Å². The van der Waals surface area contributed by atoms with E-state index in [-0.39, 0.29) is 12.3 Å². The number of carbonyl (C=O) groups excluding carboxylic acids is 1. The number of methoxy groups -OCH3 is 1. The lowest BCUT2D eigenvalue weighted by molar-refractivity contribution is -0.136. The first-order chi connectivity index (χ1) is 12.4. The Labute approximate surface area is 160 Å². The smallest absolute Gasteiger partial charge is 0.307 e. The monoisotopic (exact) mass is 393 g/mol. The zero-order valence-corrected chi connectivity index (χ0v) is 16.6. The van der Waals surface area contributed by atoms with Gasteiger partial charge in [-0.05, 0) is 36.1 Å². The molecule has 26 heavy (non-hydrogen) atoms. The largest absolute Gasteiger partial charge is 0.495 e. The molecule has 0 saturated carbocycles. The lowest BCUT2D eigenvalue weighted by Gasteiger charge is -2.07. The van der Waals surface area contributed by atoms with Crippen LogP contribution in [0.1, 0.15) is 35.5 Å². The van der Waals surface area contributed by atoms with Gasteiger partial charge >= 0.3 is 5.97 Å². The standard InChI is InChI=1S/C17H14ClNO4S.C2H6/c1-9-11(6-16(20)21)12-5-15(23-2)13(18)7-14(12)19(9)17(22)10-3-4-24-8-10;1-2/h3-5,7-8H,6H2,1-2H3,(H,20,21);1-2H3. The van der Waals surface area contributed by atoms with E-state index >= 15 is 0 Å². The van der Waals surface area contributed by atoms with Gasteiger partial charge in [0.2, 0.25) is 0 Å². The number of hydrogen-bond acceptors (Lipinski definition) is 4. The number of thiophene rings is 1. The fourth-order valence-corrected chi connectivity index (χ4v) is 3.65. The molecule has 0 saturated heterocycles. The minimum Gasteiger partial charge on any atom is -0.495 e. The van der Waals surface area contributed by atoms with E-state index in [4.69, 9.17) is 16.3 Å². The number of aromatic nitrogens is 1. The fourth-order valence-electron chi connectivity index (χ4n) is 2.79. The van der Waals surface area contributed by atoms with Crippen molar-refractivity contribution in [3.05, 3.63) is 50.8 Å². The number of rotatable bonds is 4. The maximum Gasteiger partial charge on any atom is 0.307 e. The molecule has 3 rings (SSSR count). The van der Waals surface area contributed by atoms with Crippen molar-refractivity contribution in [3.63, 3.8) is 0 Å². The summed E-state index contributed by atoms with van der Waals surface area (Å²) in [6.45, 7) is 5.74. The molecule has 0 radical (unpaired) electrons. The summed E-state index contributed by atoms with van der Waals surface area (Å²) in [7, 11) is 1.49. The van der Waals surface area contributed by atoms with Gasteiger partial charge in [-0.2, -0.15) is 11.3 Å². The Morgan fingerprint density at radius 3 is 2.54 bits per heavy atom. The predicted octanol–water partition coefficient (Wildman–Crippen LogP) is 5.02. The van der Waals surface area contributed by atoms with Crippen molar-refractivity contribution < 1.29 is 19.4 Å². The third-order valence-corrected chi connectivity index (χ3v) is 4.89. The summed E-state index contributed by atoms with van der Waals surface area (Å²) in [6.07, 6.45) is -0.183. The second kappa shape index (κ2) is 8.38. The Morgan fingerprint density at radius 2 is 2.00 bits per heavy atom. The van der Waals surface area contributed by atoms with Crippen molar-refractivity contribution in [2.45, 2.75) is 27.2 Å². The first-order valence-electron chi connectivity index (χ1n) is 8.10. The molecule has 7 heteroatoms. The molecule has 138 valence electrons. The highest BCUT2D eigenvalue weighted by atomic mass is 35.5. The van der Waals surface area contributed by atoms with Crippen LogP contribution in [0.15, 0.2) is 29.0 Å². The summed E-state index contributed by atoms with van der Waals surface area (Å²) in [4.78, 5) is 24.1. The van der Waals surface area contributed by atoms with Crippen molar-refractivity contribution in [1.82, 2.24) is 4.57 Å². The summed E-state index contributed by atoms with van der Waals surface area (Å²) in [5, 5.41) is 13.8. The maximum atomic E-state index is 12.9. The van der Waals surface area contributed by atoms with Gasteiger partial charge in [-0.15, -0.1) is 0 Å². The first-order valence-corrected chi connectivity index (χ1v) is 9.42. The van der Waals surface area contributed by atoms with Gasteiger partial charge in [-0.1, -0.05) is 25.4 Å². The molecule has 5 nitrogen and oxygen atoms in total. The molecule has 0 bridgehead atoms. The van der Waals surface area contributed by atoms with Gasteiger partial charge in [0.05, 0.1) is 29.6 Å². The van der Waals surface area contributed by atoms with Crippen LogP contribution in [0.5, 0.6) is 5.75 Å². The van der Waals surface area contributed by atoms with Gasteiger partial charge < -0.3 is 9.84 Å². The van der Waals surface area contributed by atoms with Crippen LogP contribution in [0.25, 0.3) is 10.9 Å². The summed E-state index contributed by atoms with van der Waals surface area (Å²) in [6, 6.07) is 5.05. The Hall–Kier alpha value is -2.31. The van der Waals surface area contributed by atoms with Crippen molar-refractivity contribution in [1.29, 1.82) is 0 Å².